The summed E-state index contributed by atoms with van der Waals surface area (Å²) in [7, 11) is 0. The maximum atomic E-state index is 9.65. The van der Waals surface area contributed by atoms with E-state index in [9.17, 15) is 5.11 Å². The number of allylic oxidation sites excluding steroid dienone is 1. The molecular weight excluding hydrogens is 188 g/mol. The molecule has 0 aromatic carbocycles. The van der Waals surface area contributed by atoms with Crippen molar-refractivity contribution in [3.05, 3.63) is 35.3 Å². The van der Waals surface area contributed by atoms with Crippen LogP contribution in [0.1, 0.15) is 31.4 Å². The van der Waals surface area contributed by atoms with E-state index < -0.39 is 6.10 Å². The largest absolute Gasteiger partial charge is 0.453 e. The van der Waals surface area contributed by atoms with Gasteiger partial charge in [0, 0.05) is 5.56 Å². The van der Waals surface area contributed by atoms with E-state index in [-0.39, 0.29) is 5.22 Å². The predicted octanol–water partition coefficient (Wildman–Crippen LogP) is 3.32. The van der Waals surface area contributed by atoms with Gasteiger partial charge in [0.05, 0.1) is 12.4 Å². The Kier molecular flexibility index (Phi) is 3.58. The van der Waals surface area contributed by atoms with Gasteiger partial charge in [0.1, 0.15) is 0 Å². The molecule has 0 spiro atoms. The standard InChI is InChI=1S/C10H13ClO2/c1-7(2)3-4-9(12)8-5-6-13-10(8)11/h5-6,9,12H,1,3-4H2,2H3. The first-order valence-electron chi connectivity index (χ1n) is 4.16. The van der Waals surface area contributed by atoms with E-state index >= 15 is 0 Å². The molecule has 1 N–H and O–H groups in total. The summed E-state index contributed by atoms with van der Waals surface area (Å²) in [4.78, 5) is 0. The van der Waals surface area contributed by atoms with Gasteiger partial charge in [0.25, 0.3) is 0 Å². The van der Waals surface area contributed by atoms with Crippen LogP contribution in [0.15, 0.2) is 28.9 Å². The average Bonchev–Trinajstić information content (AvgIpc) is 2.47. The summed E-state index contributed by atoms with van der Waals surface area (Å²) in [5, 5.41) is 9.93. The number of furan rings is 1. The van der Waals surface area contributed by atoms with Crippen molar-refractivity contribution in [2.24, 2.45) is 0 Å². The Hall–Kier alpha value is -0.730. The van der Waals surface area contributed by atoms with Gasteiger partial charge < -0.3 is 9.52 Å². The molecule has 1 atom stereocenters. The molecule has 3 heteroatoms. The Labute approximate surface area is 82.8 Å². The van der Waals surface area contributed by atoms with Crippen LogP contribution in [0.5, 0.6) is 0 Å². The lowest BCUT2D eigenvalue weighted by atomic mass is 10.1. The van der Waals surface area contributed by atoms with Crippen LogP contribution in [0, 0.1) is 0 Å². The highest BCUT2D eigenvalue weighted by atomic mass is 35.5. The lowest BCUT2D eigenvalue weighted by Gasteiger charge is -2.07. The zero-order valence-electron chi connectivity index (χ0n) is 7.59. The van der Waals surface area contributed by atoms with Gasteiger partial charge in [-0.2, -0.15) is 0 Å². The monoisotopic (exact) mass is 200 g/mol. The first-order chi connectivity index (χ1) is 6.11. The fourth-order valence-corrected chi connectivity index (χ4v) is 1.32. The molecule has 1 aromatic rings. The number of halogens is 1. The van der Waals surface area contributed by atoms with E-state index in [0.717, 1.165) is 12.0 Å². The van der Waals surface area contributed by atoms with Crippen molar-refractivity contribution in [2.45, 2.75) is 25.9 Å². The third kappa shape index (κ3) is 2.90. The minimum Gasteiger partial charge on any atom is -0.453 e. The summed E-state index contributed by atoms with van der Waals surface area (Å²) in [5.74, 6) is 0. The SMILES string of the molecule is C=C(C)CCC(O)c1ccoc1Cl. The third-order valence-electron chi connectivity index (χ3n) is 1.85. The second kappa shape index (κ2) is 4.49. The number of aliphatic hydroxyl groups excluding tert-OH is 1. The Balaban J connectivity index is 2.53. The molecule has 1 rings (SSSR count). The van der Waals surface area contributed by atoms with Crippen LogP contribution in [-0.2, 0) is 0 Å². The Morgan fingerprint density at radius 1 is 1.77 bits per heavy atom. The first-order valence-corrected chi connectivity index (χ1v) is 4.54. The van der Waals surface area contributed by atoms with Crippen LogP contribution >= 0.6 is 11.6 Å². The molecule has 13 heavy (non-hydrogen) atoms. The van der Waals surface area contributed by atoms with Crippen molar-refractivity contribution < 1.29 is 9.52 Å². The maximum Gasteiger partial charge on any atom is 0.198 e. The molecule has 0 bridgehead atoms. The topological polar surface area (TPSA) is 33.4 Å². The summed E-state index contributed by atoms with van der Waals surface area (Å²) in [6.07, 6.45) is 2.35. The summed E-state index contributed by atoms with van der Waals surface area (Å²) in [5.41, 5.74) is 1.71. The molecule has 72 valence electrons. The quantitative estimate of drug-likeness (QED) is 0.757. The second-order valence-electron chi connectivity index (χ2n) is 3.16. The fraction of sp³-hybridized carbons (Fsp3) is 0.400. The molecule has 1 heterocycles. The van der Waals surface area contributed by atoms with Gasteiger partial charge in [0.15, 0.2) is 5.22 Å². The predicted molar refractivity (Wildman–Crippen MR) is 52.7 cm³/mol. The van der Waals surface area contributed by atoms with Gasteiger partial charge in [-0.1, -0.05) is 5.57 Å². The molecular formula is C10H13ClO2. The average molecular weight is 201 g/mol. The fourth-order valence-electron chi connectivity index (χ4n) is 1.08. The first kappa shape index (κ1) is 10.4. The highest BCUT2D eigenvalue weighted by Crippen LogP contribution is 2.27. The molecule has 0 aliphatic rings. The van der Waals surface area contributed by atoms with Crippen molar-refractivity contribution in [3.8, 4) is 0 Å². The molecule has 0 amide bonds. The summed E-state index contributed by atoms with van der Waals surface area (Å²) < 4.78 is 4.88. The second-order valence-corrected chi connectivity index (χ2v) is 3.50. The lowest BCUT2D eigenvalue weighted by Crippen LogP contribution is -1.96. The van der Waals surface area contributed by atoms with E-state index in [1.54, 1.807) is 6.07 Å². The lowest BCUT2D eigenvalue weighted by molar-refractivity contribution is 0.167. The van der Waals surface area contributed by atoms with Crippen LogP contribution < -0.4 is 0 Å². The number of hydrogen-bond acceptors (Lipinski definition) is 2. The molecule has 0 radical (unpaired) electrons. The van der Waals surface area contributed by atoms with Gasteiger partial charge in [-0.25, -0.2) is 0 Å². The van der Waals surface area contributed by atoms with Gasteiger partial charge >= 0.3 is 0 Å². The van der Waals surface area contributed by atoms with Crippen molar-refractivity contribution in [3.63, 3.8) is 0 Å². The number of hydrogen-bond donors (Lipinski definition) is 1. The van der Waals surface area contributed by atoms with Crippen molar-refractivity contribution in [1.29, 1.82) is 0 Å². The molecule has 0 fully saturated rings. The highest BCUT2D eigenvalue weighted by Gasteiger charge is 2.13. The molecule has 0 saturated heterocycles. The Morgan fingerprint density at radius 3 is 2.92 bits per heavy atom. The van der Waals surface area contributed by atoms with Crippen LogP contribution in [-0.4, -0.2) is 5.11 Å². The van der Waals surface area contributed by atoms with Crippen LogP contribution in [0.4, 0.5) is 0 Å². The summed E-state index contributed by atoms with van der Waals surface area (Å²) >= 11 is 5.70. The van der Waals surface area contributed by atoms with E-state index in [1.165, 1.54) is 6.26 Å². The van der Waals surface area contributed by atoms with Crippen molar-refractivity contribution >= 4 is 11.6 Å². The van der Waals surface area contributed by atoms with Crippen LogP contribution in [0.25, 0.3) is 0 Å². The zero-order chi connectivity index (χ0) is 9.84. The third-order valence-corrected chi connectivity index (χ3v) is 2.16. The minimum atomic E-state index is -0.553. The van der Waals surface area contributed by atoms with Crippen LogP contribution in [0.2, 0.25) is 5.22 Å². The van der Waals surface area contributed by atoms with Gasteiger partial charge in [0.2, 0.25) is 0 Å². The Bertz CT molecular complexity index is 291. The number of aliphatic hydroxyl groups is 1. The molecule has 0 aliphatic heterocycles. The maximum absolute atomic E-state index is 9.65. The molecule has 1 unspecified atom stereocenters. The Morgan fingerprint density at radius 2 is 2.46 bits per heavy atom. The van der Waals surface area contributed by atoms with Gasteiger partial charge in [-0.05, 0) is 37.4 Å². The number of rotatable bonds is 4. The van der Waals surface area contributed by atoms with Crippen molar-refractivity contribution in [1.82, 2.24) is 0 Å². The summed E-state index contributed by atoms with van der Waals surface area (Å²) in [6, 6.07) is 1.69. The molecule has 1 aromatic heterocycles. The smallest absolute Gasteiger partial charge is 0.198 e. The summed E-state index contributed by atoms with van der Waals surface area (Å²) in [6.45, 7) is 5.70. The highest BCUT2D eigenvalue weighted by molar-refractivity contribution is 6.29. The molecule has 0 saturated carbocycles. The van der Waals surface area contributed by atoms with Gasteiger partial charge in [-0.15, -0.1) is 6.58 Å². The van der Waals surface area contributed by atoms with E-state index in [1.807, 2.05) is 6.92 Å². The van der Waals surface area contributed by atoms with E-state index in [4.69, 9.17) is 16.0 Å². The minimum absolute atomic E-state index is 0.272. The zero-order valence-corrected chi connectivity index (χ0v) is 8.34. The van der Waals surface area contributed by atoms with Crippen LogP contribution in [0.3, 0.4) is 0 Å². The van der Waals surface area contributed by atoms with Crippen molar-refractivity contribution in [2.75, 3.05) is 0 Å². The van der Waals surface area contributed by atoms with E-state index in [0.29, 0.717) is 12.0 Å². The van der Waals surface area contributed by atoms with E-state index in [2.05, 4.69) is 6.58 Å². The normalized spacial score (nSPS) is 12.8. The molecule has 2 nitrogen and oxygen atoms in total. The van der Waals surface area contributed by atoms with Gasteiger partial charge in [-0.3, -0.25) is 0 Å². The molecule has 0 aliphatic carbocycles.